The summed E-state index contributed by atoms with van der Waals surface area (Å²) in [6.07, 6.45) is 1.61. The number of halogens is 1. The standard InChI is InChI=1S/C15H13ClN2O/c1-10-5-13(16)6-11(2)15(10)19-9-12-3-4-18-14(7-12)8-17/h3-7H,9H2,1-2H3. The quantitative estimate of drug-likeness (QED) is 0.854. The molecule has 0 aliphatic carbocycles. The van der Waals surface area contributed by atoms with E-state index in [2.05, 4.69) is 4.98 Å². The summed E-state index contributed by atoms with van der Waals surface area (Å²) in [5, 5.41) is 9.50. The average Bonchev–Trinajstić information content (AvgIpc) is 2.37. The number of rotatable bonds is 3. The monoisotopic (exact) mass is 272 g/mol. The van der Waals surface area contributed by atoms with Crippen LogP contribution in [0.4, 0.5) is 0 Å². The summed E-state index contributed by atoms with van der Waals surface area (Å²) in [6.45, 7) is 4.32. The second kappa shape index (κ2) is 5.73. The fourth-order valence-electron chi connectivity index (χ4n) is 1.91. The fraction of sp³-hybridized carbons (Fsp3) is 0.200. The van der Waals surface area contributed by atoms with Gasteiger partial charge in [0.1, 0.15) is 24.1 Å². The van der Waals surface area contributed by atoms with Crippen molar-refractivity contribution in [3.63, 3.8) is 0 Å². The van der Waals surface area contributed by atoms with Crippen molar-refractivity contribution in [1.82, 2.24) is 4.98 Å². The number of nitrogens with zero attached hydrogens (tertiary/aromatic N) is 2. The van der Waals surface area contributed by atoms with E-state index in [1.54, 1.807) is 12.3 Å². The number of aromatic nitrogens is 1. The zero-order valence-electron chi connectivity index (χ0n) is 10.8. The Morgan fingerprint density at radius 3 is 2.58 bits per heavy atom. The average molecular weight is 273 g/mol. The van der Waals surface area contributed by atoms with Crippen LogP contribution < -0.4 is 4.74 Å². The molecule has 1 heterocycles. The van der Waals surface area contributed by atoms with E-state index in [0.29, 0.717) is 17.3 Å². The number of aryl methyl sites for hydroxylation is 2. The van der Waals surface area contributed by atoms with Gasteiger partial charge in [-0.25, -0.2) is 4.98 Å². The molecule has 0 amide bonds. The van der Waals surface area contributed by atoms with Crippen LogP contribution in [-0.4, -0.2) is 4.98 Å². The third-order valence-corrected chi connectivity index (χ3v) is 2.97. The fourth-order valence-corrected chi connectivity index (χ4v) is 2.23. The first-order valence-corrected chi connectivity index (χ1v) is 6.22. The Hall–Kier alpha value is -2.05. The first-order valence-electron chi connectivity index (χ1n) is 5.84. The molecule has 4 heteroatoms. The maximum atomic E-state index is 8.80. The van der Waals surface area contributed by atoms with Gasteiger partial charge in [-0.15, -0.1) is 0 Å². The first-order chi connectivity index (χ1) is 9.10. The highest BCUT2D eigenvalue weighted by molar-refractivity contribution is 6.30. The van der Waals surface area contributed by atoms with Gasteiger partial charge in [0.05, 0.1) is 0 Å². The van der Waals surface area contributed by atoms with Crippen molar-refractivity contribution >= 4 is 11.6 Å². The van der Waals surface area contributed by atoms with Crippen molar-refractivity contribution in [2.24, 2.45) is 0 Å². The van der Waals surface area contributed by atoms with Gasteiger partial charge >= 0.3 is 0 Å². The van der Waals surface area contributed by atoms with Crippen molar-refractivity contribution in [2.75, 3.05) is 0 Å². The normalized spacial score (nSPS) is 10.0. The Morgan fingerprint density at radius 1 is 1.26 bits per heavy atom. The van der Waals surface area contributed by atoms with E-state index in [9.17, 15) is 0 Å². The summed E-state index contributed by atoms with van der Waals surface area (Å²) in [7, 11) is 0. The van der Waals surface area contributed by atoms with Crippen LogP contribution in [0.3, 0.4) is 0 Å². The molecule has 0 spiro atoms. The Bertz CT molecular complexity index is 624. The van der Waals surface area contributed by atoms with Crippen molar-refractivity contribution < 1.29 is 4.74 Å². The molecule has 0 saturated carbocycles. The van der Waals surface area contributed by atoms with Gasteiger partial charge in [-0.2, -0.15) is 5.26 Å². The minimum Gasteiger partial charge on any atom is -0.488 e. The molecule has 0 fully saturated rings. The van der Waals surface area contributed by atoms with Crippen LogP contribution in [-0.2, 0) is 6.61 Å². The van der Waals surface area contributed by atoms with Crippen LogP contribution in [0.2, 0.25) is 5.02 Å². The minimum atomic E-state index is 0.394. The van der Waals surface area contributed by atoms with Crippen molar-refractivity contribution in [1.29, 1.82) is 5.26 Å². The number of benzene rings is 1. The lowest BCUT2D eigenvalue weighted by Gasteiger charge is -2.12. The van der Waals surface area contributed by atoms with Crippen molar-refractivity contribution in [2.45, 2.75) is 20.5 Å². The summed E-state index contributed by atoms with van der Waals surface area (Å²) < 4.78 is 5.81. The van der Waals surface area contributed by atoms with Gasteiger partial charge in [0.2, 0.25) is 0 Å². The van der Waals surface area contributed by atoms with Crippen LogP contribution in [0.5, 0.6) is 5.75 Å². The molecule has 0 unspecified atom stereocenters. The lowest BCUT2D eigenvalue weighted by molar-refractivity contribution is 0.302. The maximum Gasteiger partial charge on any atom is 0.140 e. The lowest BCUT2D eigenvalue weighted by Crippen LogP contribution is -2.00. The number of pyridine rings is 1. The number of hydrogen-bond acceptors (Lipinski definition) is 3. The molecule has 0 aliphatic rings. The second-order valence-electron chi connectivity index (χ2n) is 4.32. The van der Waals surface area contributed by atoms with E-state index >= 15 is 0 Å². The third kappa shape index (κ3) is 3.24. The van der Waals surface area contributed by atoms with E-state index in [1.807, 2.05) is 38.1 Å². The van der Waals surface area contributed by atoms with Gasteiger partial charge in [-0.05, 0) is 54.8 Å². The largest absolute Gasteiger partial charge is 0.488 e. The van der Waals surface area contributed by atoms with Crippen LogP contribution in [0, 0.1) is 25.2 Å². The smallest absolute Gasteiger partial charge is 0.140 e. The van der Waals surface area contributed by atoms with Crippen LogP contribution in [0.25, 0.3) is 0 Å². The zero-order valence-corrected chi connectivity index (χ0v) is 11.5. The van der Waals surface area contributed by atoms with E-state index in [1.165, 1.54) is 0 Å². The topological polar surface area (TPSA) is 45.9 Å². The molecule has 0 N–H and O–H groups in total. The molecule has 0 bridgehead atoms. The molecule has 0 saturated heterocycles. The molecule has 0 radical (unpaired) electrons. The Labute approximate surface area is 117 Å². The molecule has 96 valence electrons. The summed E-state index contributed by atoms with van der Waals surface area (Å²) in [5.41, 5.74) is 3.31. The van der Waals surface area contributed by atoms with Gasteiger partial charge < -0.3 is 4.74 Å². The minimum absolute atomic E-state index is 0.394. The van der Waals surface area contributed by atoms with E-state index < -0.39 is 0 Å². The van der Waals surface area contributed by atoms with Gasteiger partial charge in [0.25, 0.3) is 0 Å². The molecular formula is C15H13ClN2O. The van der Waals surface area contributed by atoms with Gasteiger partial charge in [0, 0.05) is 11.2 Å². The molecule has 3 nitrogen and oxygen atoms in total. The summed E-state index contributed by atoms with van der Waals surface area (Å²) in [4.78, 5) is 3.93. The molecule has 2 rings (SSSR count). The molecule has 1 aromatic heterocycles. The predicted octanol–water partition coefficient (Wildman–Crippen LogP) is 3.80. The predicted molar refractivity (Wildman–Crippen MR) is 74.2 cm³/mol. The molecular weight excluding hydrogens is 260 g/mol. The highest BCUT2D eigenvalue weighted by Gasteiger charge is 2.06. The highest BCUT2D eigenvalue weighted by Crippen LogP contribution is 2.27. The van der Waals surface area contributed by atoms with Gasteiger partial charge in [0.15, 0.2) is 0 Å². The van der Waals surface area contributed by atoms with Gasteiger partial charge in [-0.1, -0.05) is 11.6 Å². The maximum absolute atomic E-state index is 8.80. The lowest BCUT2D eigenvalue weighted by atomic mass is 10.1. The van der Waals surface area contributed by atoms with Crippen LogP contribution >= 0.6 is 11.6 Å². The number of nitriles is 1. The molecule has 0 atom stereocenters. The van der Waals surface area contributed by atoms with E-state index in [4.69, 9.17) is 21.6 Å². The summed E-state index contributed by atoms with van der Waals surface area (Å²) in [5.74, 6) is 0.833. The second-order valence-corrected chi connectivity index (χ2v) is 4.75. The van der Waals surface area contributed by atoms with E-state index in [-0.39, 0.29) is 0 Å². The SMILES string of the molecule is Cc1cc(Cl)cc(C)c1OCc1ccnc(C#N)c1. The first kappa shape index (κ1) is 13.4. The van der Waals surface area contributed by atoms with Gasteiger partial charge in [-0.3, -0.25) is 0 Å². The number of ether oxygens (including phenoxy) is 1. The highest BCUT2D eigenvalue weighted by atomic mass is 35.5. The molecule has 19 heavy (non-hydrogen) atoms. The van der Waals surface area contributed by atoms with Crippen molar-refractivity contribution in [3.8, 4) is 11.8 Å². The zero-order chi connectivity index (χ0) is 13.8. The molecule has 0 aliphatic heterocycles. The summed E-state index contributed by atoms with van der Waals surface area (Å²) >= 11 is 5.98. The molecule has 2 aromatic rings. The summed E-state index contributed by atoms with van der Waals surface area (Å²) in [6, 6.07) is 9.31. The third-order valence-electron chi connectivity index (χ3n) is 2.75. The van der Waals surface area contributed by atoms with Crippen molar-refractivity contribution in [3.05, 3.63) is 57.9 Å². The van der Waals surface area contributed by atoms with E-state index in [0.717, 1.165) is 22.4 Å². The Morgan fingerprint density at radius 2 is 1.95 bits per heavy atom. The Kier molecular flexibility index (Phi) is 4.03. The number of hydrogen-bond donors (Lipinski definition) is 0. The molecule has 1 aromatic carbocycles. The Balaban J connectivity index is 2.17. The van der Waals surface area contributed by atoms with Crippen LogP contribution in [0.15, 0.2) is 30.5 Å². The van der Waals surface area contributed by atoms with Crippen LogP contribution in [0.1, 0.15) is 22.4 Å².